The average Bonchev–Trinajstić information content (AvgIpc) is 2.17. The Morgan fingerprint density at radius 1 is 1.20 bits per heavy atom. The number of amides is 1. The van der Waals surface area contributed by atoms with Crippen molar-refractivity contribution in [2.75, 3.05) is 26.2 Å². The Hall–Kier alpha value is -1.18. The molecule has 0 aliphatic carbocycles. The molecule has 0 aromatic heterocycles. The molecule has 0 radical (unpaired) electrons. The molecule has 0 aromatic rings. The third kappa shape index (κ3) is 5.31. The molecular formula is C8H18N4O3. The predicted molar refractivity (Wildman–Crippen MR) is 54.9 cm³/mol. The number of carbonyl (C=O) groups excluding carboxylic acids is 1. The quantitative estimate of drug-likeness (QED) is 0.374. The van der Waals surface area contributed by atoms with E-state index in [1.165, 1.54) is 4.90 Å². The van der Waals surface area contributed by atoms with E-state index in [0.717, 1.165) is 0 Å². The van der Waals surface area contributed by atoms with Gasteiger partial charge in [-0.15, -0.1) is 0 Å². The van der Waals surface area contributed by atoms with E-state index < -0.39 is 12.0 Å². The van der Waals surface area contributed by atoms with Gasteiger partial charge in [0.05, 0.1) is 6.42 Å². The molecule has 0 aliphatic rings. The number of nitrogens with zero attached hydrogens (tertiary/aromatic N) is 1. The molecule has 7 heteroatoms. The molecule has 0 saturated heterocycles. The van der Waals surface area contributed by atoms with Crippen molar-refractivity contribution in [3.63, 3.8) is 0 Å². The van der Waals surface area contributed by atoms with Gasteiger partial charge < -0.3 is 27.2 Å². The summed E-state index contributed by atoms with van der Waals surface area (Å²) in [7, 11) is 0. The van der Waals surface area contributed by atoms with Gasteiger partial charge in [0.15, 0.2) is 0 Å². The molecule has 88 valence electrons. The predicted octanol–water partition coefficient (Wildman–Crippen LogP) is -2.47. The minimum absolute atomic E-state index is 0.227. The number of hydrogen-bond acceptors (Lipinski definition) is 5. The highest BCUT2D eigenvalue weighted by atomic mass is 16.4. The SMILES string of the molecule is NCCN(CCN)C(=O)C[C@H](N)C(=O)O. The van der Waals surface area contributed by atoms with E-state index in [4.69, 9.17) is 22.3 Å². The Morgan fingerprint density at radius 2 is 1.67 bits per heavy atom. The first kappa shape index (κ1) is 13.8. The van der Waals surface area contributed by atoms with Gasteiger partial charge in [-0.3, -0.25) is 9.59 Å². The van der Waals surface area contributed by atoms with Crippen LogP contribution in [-0.2, 0) is 9.59 Å². The lowest BCUT2D eigenvalue weighted by Gasteiger charge is -2.21. The van der Waals surface area contributed by atoms with Crippen LogP contribution in [0.4, 0.5) is 0 Å². The molecule has 0 unspecified atom stereocenters. The molecule has 0 fully saturated rings. The summed E-state index contributed by atoms with van der Waals surface area (Å²) in [6, 6.07) is -1.17. The highest BCUT2D eigenvalue weighted by molar-refractivity contribution is 5.84. The second-order valence-corrected chi connectivity index (χ2v) is 3.11. The molecule has 1 amide bonds. The first-order valence-corrected chi connectivity index (χ1v) is 4.69. The second kappa shape index (κ2) is 7.16. The lowest BCUT2D eigenvalue weighted by atomic mass is 10.2. The van der Waals surface area contributed by atoms with Crippen molar-refractivity contribution in [3.05, 3.63) is 0 Å². The van der Waals surface area contributed by atoms with Gasteiger partial charge in [-0.1, -0.05) is 0 Å². The zero-order valence-electron chi connectivity index (χ0n) is 8.56. The monoisotopic (exact) mass is 218 g/mol. The number of rotatable bonds is 7. The lowest BCUT2D eigenvalue weighted by Crippen LogP contribution is -2.43. The van der Waals surface area contributed by atoms with E-state index in [2.05, 4.69) is 0 Å². The molecule has 0 rings (SSSR count). The molecule has 0 aromatic carbocycles. The van der Waals surface area contributed by atoms with Crippen molar-refractivity contribution in [2.24, 2.45) is 17.2 Å². The third-order valence-electron chi connectivity index (χ3n) is 1.86. The maximum absolute atomic E-state index is 11.5. The first-order chi connectivity index (χ1) is 7.02. The summed E-state index contributed by atoms with van der Waals surface area (Å²) in [5.74, 6) is -1.52. The molecule has 0 heterocycles. The maximum atomic E-state index is 11.5. The van der Waals surface area contributed by atoms with Crippen molar-refractivity contribution >= 4 is 11.9 Å². The molecule has 7 N–H and O–H groups in total. The van der Waals surface area contributed by atoms with Gasteiger partial charge in [-0.05, 0) is 0 Å². The van der Waals surface area contributed by atoms with Crippen molar-refractivity contribution < 1.29 is 14.7 Å². The summed E-state index contributed by atoms with van der Waals surface area (Å²) in [6.45, 7) is 1.35. The molecule has 15 heavy (non-hydrogen) atoms. The van der Waals surface area contributed by atoms with Crippen molar-refractivity contribution in [1.82, 2.24) is 4.90 Å². The fourth-order valence-corrected chi connectivity index (χ4v) is 1.08. The van der Waals surface area contributed by atoms with E-state index >= 15 is 0 Å². The topological polar surface area (TPSA) is 136 Å². The number of hydrogen-bond donors (Lipinski definition) is 4. The van der Waals surface area contributed by atoms with Gasteiger partial charge in [0.25, 0.3) is 0 Å². The fourth-order valence-electron chi connectivity index (χ4n) is 1.08. The summed E-state index contributed by atoms with van der Waals surface area (Å²) < 4.78 is 0. The summed E-state index contributed by atoms with van der Waals surface area (Å²) in [5.41, 5.74) is 15.8. The number of carboxylic acids is 1. The van der Waals surface area contributed by atoms with Crippen LogP contribution >= 0.6 is 0 Å². The van der Waals surface area contributed by atoms with Gasteiger partial charge >= 0.3 is 5.97 Å². The zero-order chi connectivity index (χ0) is 11.8. The zero-order valence-corrected chi connectivity index (χ0v) is 8.56. The van der Waals surface area contributed by atoms with Crippen LogP contribution < -0.4 is 17.2 Å². The largest absolute Gasteiger partial charge is 0.480 e. The van der Waals surface area contributed by atoms with Crippen LogP contribution in [0.1, 0.15) is 6.42 Å². The van der Waals surface area contributed by atoms with E-state index in [1.54, 1.807) is 0 Å². The van der Waals surface area contributed by atoms with Crippen molar-refractivity contribution in [1.29, 1.82) is 0 Å². The summed E-state index contributed by atoms with van der Waals surface area (Å²) >= 11 is 0. The van der Waals surface area contributed by atoms with Crippen LogP contribution in [0.5, 0.6) is 0 Å². The number of aliphatic carboxylic acids is 1. The normalized spacial score (nSPS) is 12.2. The minimum Gasteiger partial charge on any atom is -0.480 e. The smallest absolute Gasteiger partial charge is 0.321 e. The number of carbonyl (C=O) groups is 2. The third-order valence-corrected chi connectivity index (χ3v) is 1.86. The average molecular weight is 218 g/mol. The Morgan fingerprint density at radius 3 is 2.00 bits per heavy atom. The molecule has 1 atom stereocenters. The summed E-state index contributed by atoms with van der Waals surface area (Å²) in [6.07, 6.45) is -0.227. The van der Waals surface area contributed by atoms with Gasteiger partial charge in [0.2, 0.25) is 5.91 Å². The minimum atomic E-state index is -1.19. The van der Waals surface area contributed by atoms with Crippen LogP contribution in [0, 0.1) is 0 Å². The van der Waals surface area contributed by atoms with Crippen molar-refractivity contribution in [3.8, 4) is 0 Å². The molecule has 0 bridgehead atoms. The Labute approximate surface area is 88.2 Å². The molecule has 7 nitrogen and oxygen atoms in total. The number of nitrogens with two attached hydrogens (primary N) is 3. The standard InChI is InChI=1S/C8H18N4O3/c9-1-3-12(4-2-10)7(13)5-6(11)8(14)15/h6H,1-5,9-11H2,(H,14,15)/t6-/m0/s1. The van der Waals surface area contributed by atoms with Crippen LogP contribution in [0.3, 0.4) is 0 Å². The Kier molecular flexibility index (Phi) is 6.59. The van der Waals surface area contributed by atoms with E-state index in [9.17, 15) is 9.59 Å². The van der Waals surface area contributed by atoms with E-state index in [1.807, 2.05) is 0 Å². The van der Waals surface area contributed by atoms with Crippen molar-refractivity contribution in [2.45, 2.75) is 12.5 Å². The van der Waals surface area contributed by atoms with E-state index in [-0.39, 0.29) is 12.3 Å². The molecule has 0 aliphatic heterocycles. The van der Waals surface area contributed by atoms with Gasteiger partial charge in [0, 0.05) is 26.2 Å². The fraction of sp³-hybridized carbons (Fsp3) is 0.750. The van der Waals surface area contributed by atoms with E-state index in [0.29, 0.717) is 26.2 Å². The van der Waals surface area contributed by atoms with Gasteiger partial charge in [-0.2, -0.15) is 0 Å². The molecule has 0 saturated carbocycles. The molecule has 0 spiro atoms. The van der Waals surface area contributed by atoms with Crippen LogP contribution in [0.25, 0.3) is 0 Å². The highest BCUT2D eigenvalue weighted by Crippen LogP contribution is 1.96. The van der Waals surface area contributed by atoms with Crippen LogP contribution in [0.15, 0.2) is 0 Å². The maximum Gasteiger partial charge on any atom is 0.321 e. The lowest BCUT2D eigenvalue weighted by molar-refractivity contribution is -0.142. The Bertz CT molecular complexity index is 216. The Balaban J connectivity index is 4.18. The summed E-state index contributed by atoms with van der Waals surface area (Å²) in [4.78, 5) is 23.4. The van der Waals surface area contributed by atoms with Gasteiger partial charge in [0.1, 0.15) is 6.04 Å². The van der Waals surface area contributed by atoms with Crippen LogP contribution in [-0.4, -0.2) is 54.1 Å². The highest BCUT2D eigenvalue weighted by Gasteiger charge is 2.20. The number of carboxylic acid groups (broad SMARTS) is 1. The summed E-state index contributed by atoms with van der Waals surface area (Å²) in [5, 5.41) is 8.53. The second-order valence-electron chi connectivity index (χ2n) is 3.11. The van der Waals surface area contributed by atoms with Gasteiger partial charge in [-0.25, -0.2) is 0 Å². The molecular weight excluding hydrogens is 200 g/mol. The first-order valence-electron chi connectivity index (χ1n) is 4.69. The van der Waals surface area contributed by atoms with Crippen LogP contribution in [0.2, 0.25) is 0 Å².